The standard InChI is InChI=1S/C41H33N3O6S4/c1-21-11-33(51-31(21)16-26(17-42)41(50)43(18-36(46)47)19-37(48)49)38-23(3)13-35(53-38)40-24(4)14-34(54-40)39-22(2)12-32(52-39)25-9-10-30-28(15-25)27-7-5-6-8-29(27)44(30)20-45/h5-16,45H,18-20H2,1-4H3,(H,46,47)(H,48,49)/b26-16+. The van der Waals surface area contributed by atoms with Crippen molar-refractivity contribution >= 4 is 91.1 Å². The van der Waals surface area contributed by atoms with E-state index in [4.69, 9.17) is 0 Å². The van der Waals surface area contributed by atoms with E-state index in [1.54, 1.807) is 34.0 Å². The van der Waals surface area contributed by atoms with Gasteiger partial charge in [0, 0.05) is 49.8 Å². The third kappa shape index (κ3) is 6.90. The lowest BCUT2D eigenvalue weighted by atomic mass is 10.1. The lowest BCUT2D eigenvalue weighted by Gasteiger charge is -2.17. The molecule has 0 unspecified atom stereocenters. The molecule has 5 heterocycles. The van der Waals surface area contributed by atoms with E-state index < -0.39 is 30.9 Å². The van der Waals surface area contributed by atoms with Gasteiger partial charge in [-0.3, -0.25) is 14.4 Å². The summed E-state index contributed by atoms with van der Waals surface area (Å²) in [5.74, 6) is -3.69. The molecule has 7 rings (SSSR count). The van der Waals surface area contributed by atoms with Gasteiger partial charge in [0.15, 0.2) is 0 Å². The van der Waals surface area contributed by atoms with E-state index in [2.05, 4.69) is 63.2 Å². The molecular formula is C41H33N3O6S4. The molecule has 0 spiro atoms. The van der Waals surface area contributed by atoms with Gasteiger partial charge in [-0.05, 0) is 104 Å². The van der Waals surface area contributed by atoms with Gasteiger partial charge in [-0.15, -0.1) is 45.3 Å². The minimum atomic E-state index is -1.37. The number of nitriles is 1. The summed E-state index contributed by atoms with van der Waals surface area (Å²) in [5.41, 5.74) is 7.15. The molecule has 2 aromatic carbocycles. The molecule has 7 aromatic rings. The number of carboxylic acid groups (broad SMARTS) is 2. The highest BCUT2D eigenvalue weighted by molar-refractivity contribution is 7.29. The van der Waals surface area contributed by atoms with Gasteiger partial charge in [0.25, 0.3) is 5.91 Å². The minimum Gasteiger partial charge on any atom is -0.480 e. The van der Waals surface area contributed by atoms with Crippen LogP contribution in [0.1, 0.15) is 27.1 Å². The van der Waals surface area contributed by atoms with E-state index in [1.807, 2.05) is 41.8 Å². The second-order valence-electron chi connectivity index (χ2n) is 13.0. The van der Waals surface area contributed by atoms with Crippen molar-refractivity contribution in [3.63, 3.8) is 0 Å². The fraction of sp³-hybridized carbons (Fsp3) is 0.171. The molecule has 0 atom stereocenters. The third-order valence-corrected chi connectivity index (χ3v) is 14.6. The van der Waals surface area contributed by atoms with Gasteiger partial charge >= 0.3 is 11.9 Å². The zero-order valence-electron chi connectivity index (χ0n) is 29.6. The number of fused-ring (bicyclic) bond motifs is 3. The number of aliphatic hydroxyl groups is 1. The highest BCUT2D eigenvalue weighted by Crippen LogP contribution is 2.49. The molecule has 0 saturated carbocycles. The van der Waals surface area contributed by atoms with Crippen LogP contribution < -0.4 is 0 Å². The average Bonchev–Trinajstić information content (AvgIpc) is 3.95. The van der Waals surface area contributed by atoms with Crippen LogP contribution in [-0.2, 0) is 21.1 Å². The number of amides is 1. The maximum Gasteiger partial charge on any atom is 0.323 e. The Labute approximate surface area is 326 Å². The fourth-order valence-corrected chi connectivity index (χ4v) is 11.8. The van der Waals surface area contributed by atoms with Gasteiger partial charge in [-0.2, -0.15) is 5.26 Å². The van der Waals surface area contributed by atoms with Gasteiger partial charge in [0.2, 0.25) is 0 Å². The predicted molar refractivity (Wildman–Crippen MR) is 219 cm³/mol. The van der Waals surface area contributed by atoms with Gasteiger partial charge in [0.1, 0.15) is 31.5 Å². The summed E-state index contributed by atoms with van der Waals surface area (Å²) in [5, 5.41) is 40.5. The number of carbonyl (C=O) groups is 3. The first-order valence-corrected chi connectivity index (χ1v) is 20.0. The van der Waals surface area contributed by atoms with Crippen molar-refractivity contribution in [2.75, 3.05) is 13.1 Å². The van der Waals surface area contributed by atoms with E-state index in [-0.39, 0.29) is 12.3 Å². The molecule has 0 saturated heterocycles. The number of benzene rings is 2. The molecule has 13 heteroatoms. The largest absolute Gasteiger partial charge is 0.480 e. The van der Waals surface area contributed by atoms with Crippen molar-refractivity contribution in [2.45, 2.75) is 34.4 Å². The highest BCUT2D eigenvalue weighted by Gasteiger charge is 2.24. The Morgan fingerprint density at radius 1 is 0.704 bits per heavy atom. The number of carbonyl (C=O) groups excluding carboxylic acids is 1. The summed E-state index contributed by atoms with van der Waals surface area (Å²) in [7, 11) is 0. The Hall–Kier alpha value is -5.36. The Kier molecular flexibility index (Phi) is 10.1. The number of aromatic nitrogens is 1. The summed E-state index contributed by atoms with van der Waals surface area (Å²) in [6.45, 7) is 6.48. The third-order valence-electron chi connectivity index (χ3n) is 9.14. The Morgan fingerprint density at radius 2 is 1.22 bits per heavy atom. The lowest BCUT2D eigenvalue weighted by Crippen LogP contribution is -2.39. The van der Waals surface area contributed by atoms with Crippen molar-refractivity contribution < 1.29 is 29.7 Å². The number of rotatable bonds is 11. The van der Waals surface area contributed by atoms with Crippen LogP contribution in [-0.4, -0.2) is 55.7 Å². The summed E-state index contributed by atoms with van der Waals surface area (Å²) in [4.78, 5) is 44.8. The molecule has 0 aliphatic rings. The smallest absolute Gasteiger partial charge is 0.323 e. The maximum atomic E-state index is 13.0. The summed E-state index contributed by atoms with van der Waals surface area (Å²) < 4.78 is 1.93. The number of carboxylic acids is 2. The molecule has 0 bridgehead atoms. The zero-order valence-corrected chi connectivity index (χ0v) is 32.9. The second kappa shape index (κ2) is 14.8. The molecule has 9 nitrogen and oxygen atoms in total. The van der Waals surface area contributed by atoms with E-state index in [9.17, 15) is 35.0 Å². The molecule has 0 fully saturated rings. The van der Waals surface area contributed by atoms with E-state index in [1.165, 1.54) is 48.0 Å². The number of nitrogens with zero attached hydrogens (tertiary/aromatic N) is 3. The monoisotopic (exact) mass is 791 g/mol. The molecule has 1 amide bonds. The molecule has 0 radical (unpaired) electrons. The molecular weight excluding hydrogens is 759 g/mol. The topological polar surface area (TPSA) is 144 Å². The number of thiophene rings is 4. The highest BCUT2D eigenvalue weighted by atomic mass is 32.1. The van der Waals surface area contributed by atoms with Crippen LogP contribution in [0.3, 0.4) is 0 Å². The summed E-state index contributed by atoms with van der Waals surface area (Å²) in [6, 6.07) is 25.1. The number of hydrogen-bond donors (Lipinski definition) is 3. The summed E-state index contributed by atoms with van der Waals surface area (Å²) >= 11 is 6.66. The van der Waals surface area contributed by atoms with Crippen molar-refractivity contribution in [2.24, 2.45) is 0 Å². The van der Waals surface area contributed by atoms with Gasteiger partial charge in [-0.25, -0.2) is 0 Å². The first kappa shape index (κ1) is 37.0. The van der Waals surface area contributed by atoms with Crippen LogP contribution in [0.2, 0.25) is 0 Å². The Balaban J connectivity index is 1.17. The first-order chi connectivity index (χ1) is 25.9. The van der Waals surface area contributed by atoms with Gasteiger partial charge < -0.3 is 24.8 Å². The van der Waals surface area contributed by atoms with Gasteiger partial charge in [-0.1, -0.05) is 24.3 Å². The maximum absolute atomic E-state index is 13.0. The molecule has 0 aliphatic carbocycles. The number of hydrogen-bond acceptors (Lipinski definition) is 9. The molecule has 5 aromatic heterocycles. The van der Waals surface area contributed by atoms with Crippen molar-refractivity contribution in [3.8, 4) is 45.8 Å². The van der Waals surface area contributed by atoms with E-state index in [0.717, 1.165) is 53.1 Å². The van der Waals surface area contributed by atoms with Crippen molar-refractivity contribution in [1.29, 1.82) is 5.26 Å². The SMILES string of the molecule is Cc1cc(-c2sc(-c3sc(-c4sc(-c5ccc6c(c5)c5ccccc5n6CO)cc4C)cc3C)cc2C)sc1/C=C(\C#N)C(=O)N(CC(=O)O)CC(=O)O. The number of para-hydroxylation sites is 1. The second-order valence-corrected chi connectivity index (χ2v) is 17.2. The summed E-state index contributed by atoms with van der Waals surface area (Å²) in [6.07, 6.45) is 1.41. The average molecular weight is 792 g/mol. The van der Waals surface area contributed by atoms with E-state index >= 15 is 0 Å². The minimum absolute atomic E-state index is 0.0816. The molecule has 272 valence electrons. The molecule has 3 N–H and O–H groups in total. The first-order valence-electron chi connectivity index (χ1n) is 16.8. The fourth-order valence-electron chi connectivity index (χ4n) is 6.63. The van der Waals surface area contributed by atoms with Gasteiger partial charge in [0.05, 0.1) is 11.0 Å². The molecule has 54 heavy (non-hydrogen) atoms. The predicted octanol–water partition coefficient (Wildman–Crippen LogP) is 9.80. The van der Waals surface area contributed by atoms with Crippen LogP contribution in [0.15, 0.2) is 72.3 Å². The van der Waals surface area contributed by atoms with Crippen LogP contribution in [0.5, 0.6) is 0 Å². The molecule has 0 aliphatic heterocycles. The number of aliphatic hydroxyl groups excluding tert-OH is 1. The quantitative estimate of drug-likeness (QED) is 0.0874. The van der Waals surface area contributed by atoms with Crippen LogP contribution in [0, 0.1) is 39.0 Å². The van der Waals surface area contributed by atoms with Crippen molar-refractivity contribution in [1.82, 2.24) is 9.47 Å². The number of aryl methyl sites for hydroxylation is 4. The van der Waals surface area contributed by atoms with Crippen molar-refractivity contribution in [3.05, 3.63) is 99.4 Å². The Morgan fingerprint density at radius 3 is 1.80 bits per heavy atom. The van der Waals surface area contributed by atoms with E-state index in [0.29, 0.717) is 9.78 Å². The van der Waals surface area contributed by atoms with Crippen LogP contribution in [0.25, 0.3) is 67.6 Å². The number of aliphatic carboxylic acids is 2. The van der Waals surface area contributed by atoms with Crippen LogP contribution in [0.4, 0.5) is 0 Å². The zero-order chi connectivity index (χ0) is 38.4. The lowest BCUT2D eigenvalue weighted by molar-refractivity contribution is -0.147. The normalized spacial score (nSPS) is 11.7. The van der Waals surface area contributed by atoms with Crippen LogP contribution >= 0.6 is 45.3 Å². The Bertz CT molecular complexity index is 2700.